The standard InChI is InChI=1S/C35H33F6N5O4/c1-43(2)14-13-28(29-20-42-30-6-4-3-5-27(29)30)31-21-44(32(47)12-9-22-7-10-26(11-8-22)46(49)50)15-16-45(31)33(48)23-17-24(34(36,37)38)19-25(18-23)35(39,40)41/h3-12,17-20,28,31,42H,13-16,21H2,1-2H3/b12-9+/t28?,31-/m0/s1. The molecule has 1 unspecified atom stereocenters. The topological polar surface area (TPSA) is 103 Å². The van der Waals surface area contributed by atoms with Crippen LogP contribution in [0.15, 0.2) is 79.0 Å². The zero-order valence-corrected chi connectivity index (χ0v) is 27.0. The summed E-state index contributed by atoms with van der Waals surface area (Å²) in [6.07, 6.45) is -5.33. The first-order chi connectivity index (χ1) is 23.5. The number of nitrogens with zero attached hydrogens (tertiary/aromatic N) is 4. The number of aromatic amines is 1. The van der Waals surface area contributed by atoms with Crippen molar-refractivity contribution in [1.29, 1.82) is 0 Å². The van der Waals surface area contributed by atoms with Crippen molar-refractivity contribution in [2.24, 2.45) is 0 Å². The lowest BCUT2D eigenvalue weighted by Crippen LogP contribution is -2.58. The van der Waals surface area contributed by atoms with E-state index in [1.165, 1.54) is 46.2 Å². The number of non-ortho nitro benzene ring substituents is 1. The molecule has 15 heteroatoms. The maximum Gasteiger partial charge on any atom is 0.416 e. The minimum Gasteiger partial charge on any atom is -0.361 e. The molecule has 1 saturated heterocycles. The van der Waals surface area contributed by atoms with Crippen LogP contribution in [0.1, 0.15) is 45.0 Å². The zero-order valence-electron chi connectivity index (χ0n) is 27.0. The van der Waals surface area contributed by atoms with Gasteiger partial charge in [-0.15, -0.1) is 0 Å². The number of carbonyl (C=O) groups is 2. The summed E-state index contributed by atoms with van der Waals surface area (Å²) in [7, 11) is 3.69. The Morgan fingerprint density at radius 3 is 2.22 bits per heavy atom. The predicted octanol–water partition coefficient (Wildman–Crippen LogP) is 7.22. The molecule has 1 aliphatic rings. The highest BCUT2D eigenvalue weighted by Crippen LogP contribution is 2.39. The van der Waals surface area contributed by atoms with E-state index in [1.807, 2.05) is 43.3 Å². The van der Waals surface area contributed by atoms with Gasteiger partial charge < -0.3 is 19.7 Å². The van der Waals surface area contributed by atoms with Crippen molar-refractivity contribution >= 4 is 34.5 Å². The fourth-order valence-electron chi connectivity index (χ4n) is 6.18. The maximum atomic E-state index is 14.1. The molecule has 50 heavy (non-hydrogen) atoms. The van der Waals surface area contributed by atoms with Gasteiger partial charge in [0.1, 0.15) is 0 Å². The van der Waals surface area contributed by atoms with Gasteiger partial charge in [-0.2, -0.15) is 26.3 Å². The average Bonchev–Trinajstić information content (AvgIpc) is 3.50. The van der Waals surface area contributed by atoms with Gasteiger partial charge in [0.25, 0.3) is 11.6 Å². The number of piperazine rings is 1. The van der Waals surface area contributed by atoms with Gasteiger partial charge in [0.15, 0.2) is 0 Å². The Kier molecular flexibility index (Phi) is 10.4. The number of H-pyrrole nitrogens is 1. The fraction of sp³-hybridized carbons (Fsp3) is 0.314. The number of rotatable bonds is 9. The number of nitro groups is 1. The zero-order chi connectivity index (χ0) is 36.4. The summed E-state index contributed by atoms with van der Waals surface area (Å²) >= 11 is 0. The molecule has 5 rings (SSSR count). The van der Waals surface area contributed by atoms with E-state index in [2.05, 4.69) is 4.98 Å². The van der Waals surface area contributed by atoms with Gasteiger partial charge in [0.2, 0.25) is 5.91 Å². The fourth-order valence-corrected chi connectivity index (χ4v) is 6.18. The summed E-state index contributed by atoms with van der Waals surface area (Å²) in [6.45, 7) is 0.223. The number of para-hydroxylation sites is 1. The molecule has 0 bridgehead atoms. The van der Waals surface area contributed by atoms with Crippen molar-refractivity contribution < 1.29 is 40.9 Å². The van der Waals surface area contributed by atoms with Crippen LogP contribution in [0.4, 0.5) is 32.0 Å². The van der Waals surface area contributed by atoms with E-state index in [0.29, 0.717) is 30.7 Å². The van der Waals surface area contributed by atoms with Crippen LogP contribution in [0.5, 0.6) is 0 Å². The molecule has 0 radical (unpaired) electrons. The average molecular weight is 702 g/mol. The van der Waals surface area contributed by atoms with E-state index in [9.17, 15) is 46.0 Å². The van der Waals surface area contributed by atoms with Crippen molar-refractivity contribution in [1.82, 2.24) is 19.7 Å². The van der Waals surface area contributed by atoms with Crippen LogP contribution in [0.25, 0.3) is 17.0 Å². The molecule has 0 saturated carbocycles. The summed E-state index contributed by atoms with van der Waals surface area (Å²) in [5.41, 5.74) is -2.00. The summed E-state index contributed by atoms with van der Waals surface area (Å²) in [5.74, 6) is -1.97. The number of hydrogen-bond acceptors (Lipinski definition) is 5. The molecule has 3 aromatic carbocycles. The lowest BCUT2D eigenvalue weighted by molar-refractivity contribution is -0.384. The van der Waals surface area contributed by atoms with Gasteiger partial charge in [-0.1, -0.05) is 18.2 Å². The van der Waals surface area contributed by atoms with Crippen LogP contribution < -0.4 is 0 Å². The van der Waals surface area contributed by atoms with Gasteiger partial charge in [-0.3, -0.25) is 19.7 Å². The number of amides is 2. The van der Waals surface area contributed by atoms with Crippen molar-refractivity contribution in [3.8, 4) is 0 Å². The van der Waals surface area contributed by atoms with Gasteiger partial charge in [-0.25, -0.2) is 0 Å². The molecule has 0 aliphatic carbocycles. The lowest BCUT2D eigenvalue weighted by Gasteiger charge is -2.45. The van der Waals surface area contributed by atoms with Crippen molar-refractivity contribution in [3.05, 3.63) is 117 Å². The van der Waals surface area contributed by atoms with Crippen molar-refractivity contribution in [2.75, 3.05) is 40.3 Å². The molecule has 2 amide bonds. The third-order valence-electron chi connectivity index (χ3n) is 8.72. The summed E-state index contributed by atoms with van der Waals surface area (Å²) < 4.78 is 82.6. The Hall–Kier alpha value is -5.18. The van der Waals surface area contributed by atoms with Crippen LogP contribution in [0.2, 0.25) is 0 Å². The molecule has 1 N–H and O–H groups in total. The number of hydrogen-bond donors (Lipinski definition) is 1. The molecular weight excluding hydrogens is 668 g/mol. The first kappa shape index (κ1) is 36.1. The van der Waals surface area contributed by atoms with Gasteiger partial charge in [0, 0.05) is 66.4 Å². The molecular formula is C35H33F6N5O4. The Bertz CT molecular complexity index is 1870. The monoisotopic (exact) mass is 701 g/mol. The molecule has 264 valence electrons. The molecule has 0 spiro atoms. The minimum atomic E-state index is -5.14. The minimum absolute atomic E-state index is 0.0199. The van der Waals surface area contributed by atoms with Gasteiger partial charge in [-0.05, 0) is 80.7 Å². The van der Waals surface area contributed by atoms with Crippen molar-refractivity contribution in [2.45, 2.75) is 30.7 Å². The number of nitrogens with one attached hydrogen (secondary N) is 1. The molecule has 4 aromatic rings. The Morgan fingerprint density at radius 1 is 0.980 bits per heavy atom. The van der Waals surface area contributed by atoms with E-state index in [0.717, 1.165) is 16.5 Å². The molecule has 1 aliphatic heterocycles. The van der Waals surface area contributed by atoms with E-state index in [1.54, 1.807) is 6.20 Å². The normalized spacial score (nSPS) is 16.4. The van der Waals surface area contributed by atoms with E-state index < -0.39 is 57.7 Å². The van der Waals surface area contributed by atoms with E-state index in [4.69, 9.17) is 0 Å². The summed E-state index contributed by atoms with van der Waals surface area (Å²) in [6, 6.07) is 12.9. The van der Waals surface area contributed by atoms with E-state index in [-0.39, 0.29) is 31.4 Å². The first-order valence-electron chi connectivity index (χ1n) is 15.6. The highest BCUT2D eigenvalue weighted by atomic mass is 19.4. The second-order valence-corrected chi connectivity index (χ2v) is 12.3. The van der Waals surface area contributed by atoms with Crippen LogP contribution in [-0.2, 0) is 17.1 Å². The number of alkyl halides is 6. The number of fused-ring (bicyclic) bond motifs is 1. The quantitative estimate of drug-likeness (QED) is 0.0860. The lowest BCUT2D eigenvalue weighted by atomic mass is 9.85. The third-order valence-corrected chi connectivity index (χ3v) is 8.72. The number of aromatic nitrogens is 1. The van der Waals surface area contributed by atoms with Crippen LogP contribution in [0, 0.1) is 10.1 Å². The Morgan fingerprint density at radius 2 is 1.62 bits per heavy atom. The number of halogens is 6. The van der Waals surface area contributed by atoms with Crippen LogP contribution >= 0.6 is 0 Å². The second kappa shape index (κ2) is 14.4. The van der Waals surface area contributed by atoms with Crippen LogP contribution in [-0.4, -0.2) is 82.7 Å². The van der Waals surface area contributed by atoms with Gasteiger partial charge >= 0.3 is 12.4 Å². The molecule has 2 heterocycles. The van der Waals surface area contributed by atoms with Crippen molar-refractivity contribution in [3.63, 3.8) is 0 Å². The predicted molar refractivity (Wildman–Crippen MR) is 174 cm³/mol. The summed E-state index contributed by atoms with van der Waals surface area (Å²) in [4.78, 5) is 45.9. The molecule has 9 nitrogen and oxygen atoms in total. The second-order valence-electron chi connectivity index (χ2n) is 12.3. The molecule has 1 aromatic heterocycles. The highest BCUT2D eigenvalue weighted by molar-refractivity contribution is 5.96. The molecule has 1 fully saturated rings. The number of carbonyl (C=O) groups excluding carboxylic acids is 2. The SMILES string of the molecule is CN(C)CCC(c1c[nH]c2ccccc12)[C@@H]1CN(C(=O)/C=C/c2ccc([N+](=O)[O-])cc2)CCN1C(=O)c1cc(C(F)(F)F)cc(C(F)(F)F)c1. The smallest absolute Gasteiger partial charge is 0.361 e. The Balaban J connectivity index is 1.55. The van der Waals surface area contributed by atoms with Gasteiger partial charge in [0.05, 0.1) is 22.1 Å². The third kappa shape index (κ3) is 8.16. The highest BCUT2D eigenvalue weighted by Gasteiger charge is 2.41. The molecule has 2 atom stereocenters. The maximum absolute atomic E-state index is 14.1. The summed E-state index contributed by atoms with van der Waals surface area (Å²) in [5, 5.41) is 11.8. The van der Waals surface area contributed by atoms with Crippen LogP contribution in [0.3, 0.4) is 0 Å². The largest absolute Gasteiger partial charge is 0.416 e. The van der Waals surface area contributed by atoms with E-state index >= 15 is 0 Å². The number of benzene rings is 3. The Labute approximate surface area is 282 Å². The number of nitro benzene ring substituents is 1. The first-order valence-corrected chi connectivity index (χ1v) is 15.6.